The van der Waals surface area contributed by atoms with Crippen LogP contribution in [0.1, 0.15) is 65.2 Å². The number of hydrogen-bond donors (Lipinski definition) is 6. The molecule has 0 spiro atoms. The fraction of sp³-hybridized carbons (Fsp3) is 0.897. The normalized spacial score (nSPS) is 56.1. The summed E-state index contributed by atoms with van der Waals surface area (Å²) in [6.45, 7) is 3.71. The van der Waals surface area contributed by atoms with E-state index in [0.29, 0.717) is 25.7 Å². The van der Waals surface area contributed by atoms with Crippen LogP contribution in [0, 0.1) is 23.2 Å². The summed E-state index contributed by atoms with van der Waals surface area (Å²) in [6.07, 6.45) is -2.11. The minimum Gasteiger partial charge on any atom is -0.458 e. The van der Waals surface area contributed by atoms with Crippen molar-refractivity contribution >= 4 is 5.97 Å². The average molecular weight is 569 g/mol. The first-order valence-electron chi connectivity index (χ1n) is 14.7. The van der Waals surface area contributed by atoms with Crippen molar-refractivity contribution in [2.24, 2.45) is 23.2 Å². The maximum absolute atomic E-state index is 12.3. The van der Waals surface area contributed by atoms with Gasteiger partial charge in [0.15, 0.2) is 6.29 Å². The number of methoxy groups -OCH3 is 1. The summed E-state index contributed by atoms with van der Waals surface area (Å²) in [7, 11) is 1.40. The Bertz CT molecular complexity index is 1050. The monoisotopic (exact) mass is 568 g/mol. The summed E-state index contributed by atoms with van der Waals surface area (Å²) in [4.78, 5) is 11.8. The molecule has 11 heteroatoms. The second-order valence-corrected chi connectivity index (χ2v) is 13.5. The molecular weight excluding hydrogens is 524 g/mol. The van der Waals surface area contributed by atoms with Gasteiger partial charge in [-0.25, -0.2) is 4.79 Å². The van der Waals surface area contributed by atoms with E-state index in [9.17, 15) is 35.4 Å². The Balaban J connectivity index is 1.22. The first-order valence-corrected chi connectivity index (χ1v) is 14.7. The van der Waals surface area contributed by atoms with Crippen LogP contribution >= 0.6 is 0 Å². The topological polar surface area (TPSA) is 175 Å². The third kappa shape index (κ3) is 3.85. The Labute approximate surface area is 234 Å². The molecule has 5 fully saturated rings. The van der Waals surface area contributed by atoms with Crippen molar-refractivity contribution in [1.29, 1.82) is 0 Å². The highest BCUT2D eigenvalue weighted by Crippen LogP contribution is 2.68. The van der Waals surface area contributed by atoms with Gasteiger partial charge in [-0.3, -0.25) is 0 Å². The number of cyclic esters (lactones) is 1. The maximum Gasteiger partial charge on any atom is 0.331 e. The summed E-state index contributed by atoms with van der Waals surface area (Å²) in [5.41, 5.74) is -4.42. The van der Waals surface area contributed by atoms with Gasteiger partial charge in [-0.2, -0.15) is 0 Å². The Hall–Kier alpha value is -1.15. The number of ether oxygens (including phenoxy) is 4. The van der Waals surface area contributed by atoms with Gasteiger partial charge in [-0.1, -0.05) is 6.92 Å². The zero-order chi connectivity index (χ0) is 28.8. The van der Waals surface area contributed by atoms with E-state index in [1.54, 1.807) is 6.92 Å². The van der Waals surface area contributed by atoms with E-state index >= 15 is 0 Å². The molecular formula is C29H44O11. The molecule has 0 amide bonds. The number of carbonyl (C=O) groups excluding carboxylic acids is 1. The van der Waals surface area contributed by atoms with Gasteiger partial charge in [0.2, 0.25) is 0 Å². The van der Waals surface area contributed by atoms with Crippen LogP contribution in [0.3, 0.4) is 0 Å². The third-order valence-corrected chi connectivity index (χ3v) is 12.0. The zero-order valence-electron chi connectivity index (χ0n) is 23.4. The molecule has 6 aliphatic rings. The number of aliphatic hydroxyl groups excluding tert-OH is 3. The van der Waals surface area contributed by atoms with Gasteiger partial charge < -0.3 is 49.6 Å². The predicted molar refractivity (Wildman–Crippen MR) is 137 cm³/mol. The fourth-order valence-corrected chi connectivity index (χ4v) is 9.63. The van der Waals surface area contributed by atoms with Gasteiger partial charge in [-0.05, 0) is 75.2 Å². The Morgan fingerprint density at radius 3 is 2.38 bits per heavy atom. The van der Waals surface area contributed by atoms with E-state index in [1.807, 2.05) is 6.92 Å². The molecule has 40 heavy (non-hydrogen) atoms. The lowest BCUT2D eigenvalue weighted by Crippen LogP contribution is -2.74. The van der Waals surface area contributed by atoms with E-state index < -0.39 is 77.0 Å². The molecule has 0 aromatic carbocycles. The highest BCUT2D eigenvalue weighted by molar-refractivity contribution is 5.85. The summed E-state index contributed by atoms with van der Waals surface area (Å²) < 4.78 is 22.5. The van der Waals surface area contributed by atoms with Crippen molar-refractivity contribution < 1.29 is 54.4 Å². The first kappa shape index (κ1) is 28.9. The second kappa shape index (κ2) is 9.68. The molecule has 11 nitrogen and oxygen atoms in total. The number of hydrogen-bond acceptors (Lipinski definition) is 11. The van der Waals surface area contributed by atoms with E-state index in [0.717, 1.165) is 5.57 Å². The van der Waals surface area contributed by atoms with Crippen LogP contribution in [-0.2, 0) is 23.7 Å². The van der Waals surface area contributed by atoms with Crippen LogP contribution in [0.5, 0.6) is 0 Å². The number of rotatable bonds is 4. The molecule has 226 valence electrons. The maximum atomic E-state index is 12.3. The van der Waals surface area contributed by atoms with E-state index in [2.05, 4.69) is 0 Å². The van der Waals surface area contributed by atoms with Gasteiger partial charge in [0.25, 0.3) is 0 Å². The summed E-state index contributed by atoms with van der Waals surface area (Å²) in [6, 6.07) is 0. The fourth-order valence-electron chi connectivity index (χ4n) is 9.63. The standard InChI is InChI=1S/C29H44O11/c1-14-22(32)23(33)24(37-3)25(39-14)40-16-4-8-29(36)19-11-20(30)26(2)17(15-10-21(31)38-13-15)6-9-28(26,35)18(19)5-7-27(29,34)12-16/h10,14,16-20,22-25,30,32-36H,4-9,11-13H2,1-3H3. The Morgan fingerprint density at radius 2 is 1.70 bits per heavy atom. The molecule has 2 aliphatic heterocycles. The van der Waals surface area contributed by atoms with Crippen LogP contribution in [0.25, 0.3) is 0 Å². The van der Waals surface area contributed by atoms with Crippen molar-refractivity contribution in [3.63, 3.8) is 0 Å². The lowest BCUT2D eigenvalue weighted by Gasteiger charge is -2.66. The molecule has 1 saturated heterocycles. The largest absolute Gasteiger partial charge is 0.458 e. The van der Waals surface area contributed by atoms with Gasteiger partial charge in [-0.15, -0.1) is 0 Å². The summed E-state index contributed by atoms with van der Waals surface area (Å²) >= 11 is 0. The molecule has 4 aliphatic carbocycles. The predicted octanol–water partition coefficient (Wildman–Crippen LogP) is -0.0793. The van der Waals surface area contributed by atoms with Crippen LogP contribution in [-0.4, -0.2) is 110 Å². The smallest absolute Gasteiger partial charge is 0.331 e. The molecule has 0 bridgehead atoms. The van der Waals surface area contributed by atoms with Crippen LogP contribution in [0.4, 0.5) is 0 Å². The first-order chi connectivity index (χ1) is 18.8. The van der Waals surface area contributed by atoms with Crippen molar-refractivity contribution in [3.05, 3.63) is 11.6 Å². The minimum absolute atomic E-state index is 0.122. The SMILES string of the molecule is COC1C(OC2CCC3(O)C4CC(O)C5(C)C(C6=CC(=O)OC6)CCC5(O)C4CCC3(O)C2)OC(C)C(O)C1O. The number of aliphatic hydroxyl groups is 6. The summed E-state index contributed by atoms with van der Waals surface area (Å²) in [5.74, 6) is -1.46. The zero-order valence-corrected chi connectivity index (χ0v) is 23.4. The highest BCUT2D eigenvalue weighted by atomic mass is 16.7. The van der Waals surface area contributed by atoms with E-state index in [4.69, 9.17) is 18.9 Å². The molecule has 14 unspecified atom stereocenters. The van der Waals surface area contributed by atoms with E-state index in [-0.39, 0.29) is 44.1 Å². The number of fused-ring (bicyclic) bond motifs is 5. The molecule has 6 N–H and O–H groups in total. The van der Waals surface area contributed by atoms with Gasteiger partial charge in [0, 0.05) is 25.0 Å². The second-order valence-electron chi connectivity index (χ2n) is 13.5. The lowest BCUT2D eigenvalue weighted by molar-refractivity contribution is -0.334. The van der Waals surface area contributed by atoms with Crippen molar-refractivity contribution in [1.82, 2.24) is 0 Å². The summed E-state index contributed by atoms with van der Waals surface area (Å²) in [5, 5.41) is 68.7. The van der Waals surface area contributed by atoms with Crippen molar-refractivity contribution in [2.75, 3.05) is 13.7 Å². The Morgan fingerprint density at radius 1 is 0.975 bits per heavy atom. The third-order valence-electron chi connectivity index (χ3n) is 12.0. The average Bonchev–Trinajstić information content (AvgIpc) is 3.45. The van der Waals surface area contributed by atoms with Crippen LogP contribution in [0.15, 0.2) is 11.6 Å². The molecule has 6 rings (SSSR count). The molecule has 0 aromatic rings. The highest BCUT2D eigenvalue weighted by Gasteiger charge is 2.73. The molecule has 0 aromatic heterocycles. The molecule has 0 radical (unpaired) electrons. The molecule has 14 atom stereocenters. The van der Waals surface area contributed by atoms with Crippen LogP contribution in [0.2, 0.25) is 0 Å². The number of esters is 1. The van der Waals surface area contributed by atoms with E-state index in [1.165, 1.54) is 13.2 Å². The number of carbonyl (C=O) groups is 1. The minimum atomic E-state index is -1.53. The van der Waals surface area contributed by atoms with Crippen LogP contribution < -0.4 is 0 Å². The van der Waals surface area contributed by atoms with Crippen molar-refractivity contribution in [3.8, 4) is 0 Å². The quantitative estimate of drug-likeness (QED) is 0.198. The lowest BCUT2D eigenvalue weighted by atomic mass is 9.44. The van der Waals surface area contributed by atoms with Gasteiger partial charge >= 0.3 is 5.97 Å². The van der Waals surface area contributed by atoms with Gasteiger partial charge in [0.1, 0.15) is 24.9 Å². The Kier molecular flexibility index (Phi) is 7.01. The molecule has 4 saturated carbocycles. The van der Waals surface area contributed by atoms with Crippen molar-refractivity contribution in [2.45, 2.75) is 125 Å². The van der Waals surface area contributed by atoms with Gasteiger partial charge in [0.05, 0.1) is 35.1 Å². The molecule has 2 heterocycles.